The summed E-state index contributed by atoms with van der Waals surface area (Å²) in [6.45, 7) is 17.6. The Balaban J connectivity index is 1.35. The number of anilines is 1. The highest BCUT2D eigenvalue weighted by Gasteiger charge is 2.68. The fourth-order valence-corrected chi connectivity index (χ4v) is 11.7. The lowest BCUT2D eigenvalue weighted by atomic mass is 9.33. The number of allylic oxidation sites excluding steroid dienone is 2. The van der Waals surface area contributed by atoms with E-state index in [-0.39, 0.29) is 33.0 Å². The number of nitrogens with two attached hydrogens (primary N) is 1. The van der Waals surface area contributed by atoms with Gasteiger partial charge in [-0.25, -0.2) is 5.10 Å². The molecule has 39 heavy (non-hydrogen) atoms. The number of nitrogen functional groups attached to an aromatic ring is 1. The monoisotopic (exact) mass is 531 g/mol. The average Bonchev–Trinajstić information content (AvgIpc) is 3.45. The molecule has 6 nitrogen and oxygen atoms in total. The Bertz CT molecular complexity index is 1370. The fraction of sp³-hybridized carbons (Fsp3) is 0.758. The molecule has 2 aromatic rings. The molecule has 2 aromatic heterocycles. The summed E-state index contributed by atoms with van der Waals surface area (Å²) in [6, 6.07) is 1.92. The van der Waals surface area contributed by atoms with E-state index < -0.39 is 0 Å². The zero-order valence-corrected chi connectivity index (χ0v) is 25.2. The first kappa shape index (κ1) is 25.7. The summed E-state index contributed by atoms with van der Waals surface area (Å²) >= 11 is 0. The smallest absolute Gasteiger partial charge is 0.206 e. The molecule has 0 radical (unpaired) electrons. The average molecular weight is 532 g/mol. The fourth-order valence-electron chi connectivity index (χ4n) is 11.7. The second-order valence-corrected chi connectivity index (χ2v) is 16.4. The largest absolute Gasteiger partial charge is 0.494 e. The van der Waals surface area contributed by atoms with Crippen LogP contribution in [-0.4, -0.2) is 25.5 Å². The number of aromatic hydroxyl groups is 1. The van der Waals surface area contributed by atoms with Gasteiger partial charge in [0.15, 0.2) is 0 Å². The van der Waals surface area contributed by atoms with Crippen molar-refractivity contribution in [3.63, 3.8) is 0 Å². The molecule has 0 aromatic carbocycles. The number of H-pyrrole nitrogens is 2. The molecule has 0 spiro atoms. The summed E-state index contributed by atoms with van der Waals surface area (Å²) in [5.74, 6) is 2.66. The van der Waals surface area contributed by atoms with Crippen molar-refractivity contribution in [2.45, 2.75) is 117 Å². The third-order valence-electron chi connectivity index (χ3n) is 13.9. The van der Waals surface area contributed by atoms with Crippen LogP contribution < -0.4 is 5.73 Å². The molecule has 0 saturated heterocycles. The molecule has 212 valence electrons. The molecule has 0 aliphatic heterocycles. The first-order valence-corrected chi connectivity index (χ1v) is 15.5. The van der Waals surface area contributed by atoms with Crippen molar-refractivity contribution >= 4 is 5.82 Å². The van der Waals surface area contributed by atoms with Gasteiger partial charge < -0.3 is 10.8 Å². The molecule has 6 heteroatoms. The van der Waals surface area contributed by atoms with Crippen molar-refractivity contribution in [3.05, 3.63) is 34.7 Å². The van der Waals surface area contributed by atoms with Crippen molar-refractivity contribution in [1.82, 2.24) is 20.4 Å². The van der Waals surface area contributed by atoms with E-state index in [4.69, 9.17) is 15.9 Å². The molecule has 5 aliphatic rings. The van der Waals surface area contributed by atoms with E-state index in [1.807, 2.05) is 6.07 Å². The highest BCUT2D eigenvalue weighted by molar-refractivity contribution is 5.49. The second-order valence-electron chi connectivity index (χ2n) is 16.4. The van der Waals surface area contributed by atoms with Crippen LogP contribution in [0.5, 0.6) is 5.88 Å². The van der Waals surface area contributed by atoms with Gasteiger partial charge in [0.25, 0.3) is 0 Å². The lowest BCUT2D eigenvalue weighted by molar-refractivity contribution is -0.154. The van der Waals surface area contributed by atoms with Gasteiger partial charge in [-0.2, -0.15) is 10.2 Å². The number of hydrogen-bond donors (Lipinski definition) is 4. The van der Waals surface area contributed by atoms with Crippen LogP contribution in [0.25, 0.3) is 0 Å². The SMILES string of the molecule is CC1(C)CC[C@]2(c3cc(O)[nH]n3)CC[C@]3(C)C(=CCC4[C@@]5(C)Cc6c(n[nH]c6N)C(C)(C)[C@@H]5CC[C@]43C)[C@@H]2C1. The van der Waals surface area contributed by atoms with Crippen LogP contribution >= 0.6 is 0 Å². The third kappa shape index (κ3) is 3.04. The highest BCUT2D eigenvalue weighted by atomic mass is 16.3. The van der Waals surface area contributed by atoms with Gasteiger partial charge in [0, 0.05) is 22.5 Å². The van der Waals surface area contributed by atoms with Gasteiger partial charge in [-0.3, -0.25) is 5.10 Å². The van der Waals surface area contributed by atoms with E-state index in [1.165, 1.54) is 43.4 Å². The lowest BCUT2D eigenvalue weighted by Crippen LogP contribution is -2.64. The first-order valence-electron chi connectivity index (χ1n) is 15.5. The van der Waals surface area contributed by atoms with Crippen LogP contribution in [0.4, 0.5) is 5.82 Å². The van der Waals surface area contributed by atoms with Crippen molar-refractivity contribution in [1.29, 1.82) is 0 Å². The number of fused-ring (bicyclic) bond motifs is 8. The molecule has 7 rings (SSSR count). The van der Waals surface area contributed by atoms with E-state index in [0.717, 1.165) is 37.2 Å². The third-order valence-corrected chi connectivity index (χ3v) is 13.9. The molecule has 2 heterocycles. The lowest BCUT2D eigenvalue weighted by Gasteiger charge is -2.70. The van der Waals surface area contributed by atoms with Gasteiger partial charge in [0.2, 0.25) is 5.88 Å². The van der Waals surface area contributed by atoms with Gasteiger partial charge in [-0.15, -0.1) is 0 Å². The predicted molar refractivity (Wildman–Crippen MR) is 155 cm³/mol. The summed E-state index contributed by atoms with van der Waals surface area (Å²) < 4.78 is 0. The Labute approximate surface area is 234 Å². The van der Waals surface area contributed by atoms with Gasteiger partial charge >= 0.3 is 0 Å². The Morgan fingerprint density at radius 3 is 2.38 bits per heavy atom. The van der Waals surface area contributed by atoms with Crippen molar-refractivity contribution in [3.8, 4) is 5.88 Å². The topological polar surface area (TPSA) is 104 Å². The van der Waals surface area contributed by atoms with Crippen LogP contribution in [0.15, 0.2) is 17.7 Å². The Morgan fingerprint density at radius 1 is 0.923 bits per heavy atom. The second kappa shape index (κ2) is 7.53. The molecule has 0 amide bonds. The minimum atomic E-state index is 0.0136. The molecule has 3 saturated carbocycles. The highest BCUT2D eigenvalue weighted by Crippen LogP contribution is 2.75. The Morgan fingerprint density at radius 2 is 1.67 bits per heavy atom. The molecule has 0 bridgehead atoms. The summed E-state index contributed by atoms with van der Waals surface area (Å²) in [7, 11) is 0. The summed E-state index contributed by atoms with van der Waals surface area (Å²) in [5.41, 5.74) is 12.7. The number of aromatic nitrogens is 4. The van der Waals surface area contributed by atoms with Gasteiger partial charge in [-0.05, 0) is 97.2 Å². The van der Waals surface area contributed by atoms with E-state index in [1.54, 1.807) is 5.57 Å². The summed E-state index contributed by atoms with van der Waals surface area (Å²) in [5, 5.41) is 25.7. The van der Waals surface area contributed by atoms with Crippen molar-refractivity contribution in [2.24, 2.45) is 39.4 Å². The summed E-state index contributed by atoms with van der Waals surface area (Å²) in [6.07, 6.45) is 13.3. The maximum Gasteiger partial charge on any atom is 0.206 e. The number of nitrogens with one attached hydrogen (secondary N) is 2. The van der Waals surface area contributed by atoms with Crippen LogP contribution in [-0.2, 0) is 17.3 Å². The van der Waals surface area contributed by atoms with Crippen molar-refractivity contribution < 1.29 is 5.11 Å². The van der Waals surface area contributed by atoms with Crippen LogP contribution in [0.2, 0.25) is 0 Å². The maximum absolute atomic E-state index is 10.3. The van der Waals surface area contributed by atoms with E-state index in [2.05, 4.69) is 64.7 Å². The molecule has 5 aliphatic carbocycles. The minimum Gasteiger partial charge on any atom is -0.494 e. The predicted octanol–water partition coefficient (Wildman–Crippen LogP) is 7.19. The Hall–Kier alpha value is -2.24. The van der Waals surface area contributed by atoms with Crippen LogP contribution in [0.3, 0.4) is 0 Å². The molecular weight excluding hydrogens is 482 g/mol. The van der Waals surface area contributed by atoms with E-state index in [0.29, 0.717) is 23.2 Å². The maximum atomic E-state index is 10.3. The quantitative estimate of drug-likeness (QED) is 0.292. The zero-order valence-electron chi connectivity index (χ0n) is 25.2. The van der Waals surface area contributed by atoms with Gasteiger partial charge in [0.05, 0.1) is 11.4 Å². The first-order chi connectivity index (χ1) is 18.2. The van der Waals surface area contributed by atoms with Crippen LogP contribution in [0, 0.1) is 39.4 Å². The standard InChI is InChI=1S/C33H49N5O/c1-28(2)12-14-33(24-16-25(39)36-35-24)15-13-31(6)20(21(33)18-28)8-9-23-30(5)17-19-26(37-38-27(19)34)29(3,4)22(30)10-11-32(23,31)7/h8,16,21-23H,9-15,17-18H2,1-7H3,(H3,34,37,38)(H2,35,36,39)/t21-,22-,23?,30-,31+,32+,33-/m0/s1. The van der Waals surface area contributed by atoms with E-state index in [9.17, 15) is 5.11 Å². The number of nitrogens with zero attached hydrogens (tertiary/aromatic N) is 2. The number of rotatable bonds is 1. The number of aromatic amines is 2. The normalized spacial score (nSPS) is 43.8. The van der Waals surface area contributed by atoms with Crippen molar-refractivity contribution in [2.75, 3.05) is 5.73 Å². The van der Waals surface area contributed by atoms with Gasteiger partial charge in [0.1, 0.15) is 5.82 Å². The molecular formula is C33H49N5O. The molecule has 7 atom stereocenters. The number of hydrogen-bond acceptors (Lipinski definition) is 4. The molecule has 3 fully saturated rings. The van der Waals surface area contributed by atoms with Gasteiger partial charge in [-0.1, -0.05) is 60.1 Å². The minimum absolute atomic E-state index is 0.0136. The van der Waals surface area contributed by atoms with E-state index >= 15 is 0 Å². The Kier molecular flexibility index (Phi) is 4.96. The zero-order chi connectivity index (χ0) is 27.8. The summed E-state index contributed by atoms with van der Waals surface area (Å²) in [4.78, 5) is 0. The van der Waals surface area contributed by atoms with Crippen LogP contribution in [0.1, 0.15) is 117 Å². The molecule has 5 N–H and O–H groups in total. The molecule has 1 unspecified atom stereocenters.